The number of carbonyl (C=O) groups is 1. The largest absolute Gasteiger partial charge is 0.482 e. The summed E-state index contributed by atoms with van der Waals surface area (Å²) in [5.74, 6) is 0.282. The summed E-state index contributed by atoms with van der Waals surface area (Å²) in [7, 11) is 0. The number of hydrogen-bond donors (Lipinski definition) is 1. The Labute approximate surface area is 195 Å². The van der Waals surface area contributed by atoms with Crippen molar-refractivity contribution >= 4 is 17.4 Å². The van der Waals surface area contributed by atoms with Crippen molar-refractivity contribution < 1.29 is 19.0 Å². The van der Waals surface area contributed by atoms with Gasteiger partial charge >= 0.3 is 0 Å². The molecular weight excluding hydrogens is 445 g/mol. The summed E-state index contributed by atoms with van der Waals surface area (Å²) in [6, 6.07) is 10.1. The van der Waals surface area contributed by atoms with E-state index in [1.807, 2.05) is 12.3 Å². The number of nitrogens with zero attached hydrogens (tertiary/aromatic N) is 3. The van der Waals surface area contributed by atoms with Gasteiger partial charge in [-0.1, -0.05) is 22.9 Å². The van der Waals surface area contributed by atoms with Gasteiger partial charge in [0.15, 0.2) is 11.9 Å². The fourth-order valence-electron chi connectivity index (χ4n) is 5.91. The van der Waals surface area contributed by atoms with E-state index in [0.29, 0.717) is 34.0 Å². The molecule has 2 bridgehead atoms. The molecule has 3 aromatic rings. The van der Waals surface area contributed by atoms with Crippen molar-refractivity contribution in [1.82, 2.24) is 15.0 Å². The van der Waals surface area contributed by atoms with E-state index in [2.05, 4.69) is 10.3 Å². The van der Waals surface area contributed by atoms with Crippen LogP contribution in [0.25, 0.3) is 5.69 Å². The summed E-state index contributed by atoms with van der Waals surface area (Å²) in [4.78, 5) is 13.0. The van der Waals surface area contributed by atoms with Crippen LogP contribution in [0.15, 0.2) is 42.6 Å². The van der Waals surface area contributed by atoms with E-state index in [0.717, 1.165) is 25.0 Å². The quantitative estimate of drug-likeness (QED) is 0.591. The van der Waals surface area contributed by atoms with Crippen molar-refractivity contribution in [3.8, 4) is 11.4 Å². The number of Topliss-reactive ketones (excluding diaryl/α,β-unsaturated/α-hetero) is 1. The van der Waals surface area contributed by atoms with Gasteiger partial charge in [-0.3, -0.25) is 4.79 Å². The number of hydrogen-bond acceptors (Lipinski definition) is 5. The third-order valence-corrected chi connectivity index (χ3v) is 7.78. The first-order valence-corrected chi connectivity index (χ1v) is 11.5. The normalized spacial score (nSPS) is 29.5. The van der Waals surface area contributed by atoms with Crippen LogP contribution in [-0.4, -0.2) is 32.0 Å². The molecule has 1 aliphatic heterocycles. The summed E-state index contributed by atoms with van der Waals surface area (Å²) in [5.41, 5.74) is 2.69. The van der Waals surface area contributed by atoms with Gasteiger partial charge in [0.25, 0.3) is 0 Å². The maximum Gasteiger partial charge on any atom is 0.173 e. The first kappa shape index (κ1) is 20.8. The van der Waals surface area contributed by atoms with Crippen LogP contribution >= 0.6 is 11.6 Å². The number of fused-ring (bicyclic) bond motifs is 1. The molecule has 1 aromatic heterocycles. The van der Waals surface area contributed by atoms with Gasteiger partial charge in [-0.25, -0.2) is 9.07 Å². The van der Waals surface area contributed by atoms with Crippen LogP contribution < -0.4 is 4.74 Å². The number of ketones is 1. The van der Waals surface area contributed by atoms with Gasteiger partial charge in [0.2, 0.25) is 0 Å². The molecule has 1 N–H and O–H groups in total. The lowest BCUT2D eigenvalue weighted by Crippen LogP contribution is -2.65. The molecule has 0 unspecified atom stereocenters. The summed E-state index contributed by atoms with van der Waals surface area (Å²) in [6.45, 7) is 1.72. The topological polar surface area (TPSA) is 77.2 Å². The van der Waals surface area contributed by atoms with E-state index in [-0.39, 0.29) is 28.9 Å². The minimum Gasteiger partial charge on any atom is -0.482 e. The standard InChI is InChI=1S/C25H23ClFN3O3/c1-14-2-4-16(7-18(14)27)30-10-23(28-29-30)25-11-24(12-25,13-25)9-20(32)22-8-19(31)17-6-15(26)3-5-21(17)33-22/h2-7,10,19,22,31H,8-9,11-13H2,1H3/t19-,22-,24?,25?/m1/s1. The van der Waals surface area contributed by atoms with Crippen molar-refractivity contribution in [1.29, 1.82) is 0 Å². The van der Waals surface area contributed by atoms with Gasteiger partial charge in [-0.15, -0.1) is 5.10 Å². The average Bonchev–Trinajstić information content (AvgIpc) is 3.21. The lowest BCUT2D eigenvalue weighted by molar-refractivity contribution is -0.165. The molecule has 170 valence electrons. The van der Waals surface area contributed by atoms with Gasteiger partial charge < -0.3 is 9.84 Å². The Kier molecular flexibility index (Phi) is 4.48. The van der Waals surface area contributed by atoms with E-state index >= 15 is 0 Å². The zero-order chi connectivity index (χ0) is 23.0. The van der Waals surface area contributed by atoms with Gasteiger partial charge in [0.1, 0.15) is 11.6 Å². The van der Waals surface area contributed by atoms with E-state index < -0.39 is 12.2 Å². The van der Waals surface area contributed by atoms with Crippen LogP contribution in [0, 0.1) is 18.2 Å². The maximum absolute atomic E-state index is 13.9. The van der Waals surface area contributed by atoms with E-state index in [1.165, 1.54) is 6.07 Å². The molecule has 6 nitrogen and oxygen atoms in total. The molecule has 33 heavy (non-hydrogen) atoms. The molecule has 4 aliphatic rings. The van der Waals surface area contributed by atoms with Crippen LogP contribution in [0.1, 0.15) is 55.0 Å². The van der Waals surface area contributed by atoms with Crippen LogP contribution in [0.5, 0.6) is 5.75 Å². The number of aliphatic hydroxyl groups excluding tert-OH is 1. The zero-order valence-corrected chi connectivity index (χ0v) is 18.8. The molecule has 0 spiro atoms. The SMILES string of the molecule is Cc1ccc(-n2cc(C34CC(CC(=O)[C@H]5C[C@@H](O)c6cc(Cl)ccc6O5)(C3)C4)nn2)cc1F. The van der Waals surface area contributed by atoms with Crippen molar-refractivity contribution in [2.24, 2.45) is 5.41 Å². The predicted octanol–water partition coefficient (Wildman–Crippen LogP) is 4.63. The molecule has 3 aliphatic carbocycles. The smallest absolute Gasteiger partial charge is 0.173 e. The number of benzene rings is 2. The highest BCUT2D eigenvalue weighted by molar-refractivity contribution is 6.30. The molecule has 0 amide bonds. The minimum absolute atomic E-state index is 0.0224. The number of aryl methyl sites for hydroxylation is 1. The number of rotatable bonds is 5. The Hall–Kier alpha value is -2.77. The van der Waals surface area contributed by atoms with Crippen molar-refractivity contribution in [3.05, 3.63) is 70.3 Å². The first-order chi connectivity index (χ1) is 15.8. The predicted molar refractivity (Wildman–Crippen MR) is 119 cm³/mol. The second-order valence-corrected chi connectivity index (χ2v) is 10.4. The Bertz CT molecular complexity index is 1270. The Morgan fingerprint density at radius 2 is 2.06 bits per heavy atom. The third kappa shape index (κ3) is 3.28. The van der Waals surface area contributed by atoms with Crippen molar-refractivity contribution in [3.63, 3.8) is 0 Å². The number of aliphatic hydroxyl groups is 1. The summed E-state index contributed by atoms with van der Waals surface area (Å²) in [6.07, 6.45) is 3.80. The Morgan fingerprint density at radius 1 is 1.27 bits per heavy atom. The molecule has 8 heteroatoms. The lowest BCUT2D eigenvalue weighted by atomic mass is 9.33. The van der Waals surface area contributed by atoms with Crippen LogP contribution in [0.2, 0.25) is 5.02 Å². The average molecular weight is 468 g/mol. The van der Waals surface area contributed by atoms with E-state index in [1.54, 1.807) is 35.9 Å². The van der Waals surface area contributed by atoms with Crippen molar-refractivity contribution in [2.45, 2.75) is 56.7 Å². The highest BCUT2D eigenvalue weighted by Gasteiger charge is 2.69. The van der Waals surface area contributed by atoms with Crippen LogP contribution in [-0.2, 0) is 10.2 Å². The van der Waals surface area contributed by atoms with Crippen LogP contribution in [0.3, 0.4) is 0 Å². The Morgan fingerprint density at radius 3 is 2.82 bits per heavy atom. The zero-order valence-electron chi connectivity index (χ0n) is 18.1. The molecule has 3 fully saturated rings. The van der Waals surface area contributed by atoms with Gasteiger partial charge in [0.05, 0.1) is 23.7 Å². The molecule has 0 radical (unpaired) electrons. The number of ether oxygens (including phenoxy) is 1. The highest BCUT2D eigenvalue weighted by Crippen LogP contribution is 2.74. The number of halogens is 2. The van der Waals surface area contributed by atoms with Gasteiger partial charge in [0, 0.05) is 28.8 Å². The molecule has 7 rings (SSSR count). The summed E-state index contributed by atoms with van der Waals surface area (Å²) in [5, 5.41) is 19.6. The fraction of sp³-hybridized carbons (Fsp3) is 0.400. The molecule has 0 saturated heterocycles. The summed E-state index contributed by atoms with van der Waals surface area (Å²) < 4.78 is 21.4. The second kappa shape index (κ2) is 7.11. The second-order valence-electron chi connectivity index (χ2n) is 9.98. The molecule has 2 aromatic carbocycles. The van der Waals surface area contributed by atoms with Gasteiger partial charge in [-0.2, -0.15) is 0 Å². The molecule has 2 atom stereocenters. The summed E-state index contributed by atoms with van der Waals surface area (Å²) >= 11 is 6.01. The van der Waals surface area contributed by atoms with Gasteiger partial charge in [-0.05, 0) is 67.5 Å². The van der Waals surface area contributed by atoms with E-state index in [9.17, 15) is 14.3 Å². The fourth-order valence-corrected chi connectivity index (χ4v) is 6.09. The lowest BCUT2D eigenvalue weighted by Gasteiger charge is -2.70. The van der Waals surface area contributed by atoms with Crippen molar-refractivity contribution in [2.75, 3.05) is 0 Å². The Balaban J connectivity index is 1.11. The van der Waals surface area contributed by atoms with E-state index in [4.69, 9.17) is 16.3 Å². The highest BCUT2D eigenvalue weighted by atomic mass is 35.5. The number of carbonyl (C=O) groups excluding carboxylic acids is 1. The minimum atomic E-state index is -0.762. The third-order valence-electron chi connectivity index (χ3n) is 7.54. The van der Waals surface area contributed by atoms with Crippen LogP contribution in [0.4, 0.5) is 4.39 Å². The first-order valence-electron chi connectivity index (χ1n) is 11.1. The number of aromatic nitrogens is 3. The molecular formula is C25H23ClFN3O3. The monoisotopic (exact) mass is 467 g/mol. The maximum atomic E-state index is 13.9. The molecule has 2 heterocycles. The molecule has 3 saturated carbocycles.